The van der Waals surface area contributed by atoms with Gasteiger partial charge in [0.05, 0.1) is 5.69 Å². The van der Waals surface area contributed by atoms with Gasteiger partial charge in [0.25, 0.3) is 5.76 Å². The number of carbonyl (C=O) groups excluding carboxylic acids is 1. The molecule has 1 fully saturated rings. The Bertz CT molecular complexity index is 542. The average Bonchev–Trinajstić information content (AvgIpc) is 2.90. The van der Waals surface area contributed by atoms with Gasteiger partial charge in [-0.1, -0.05) is 23.9 Å². The number of amides is 2. The summed E-state index contributed by atoms with van der Waals surface area (Å²) in [4.78, 5) is 24.6. The van der Waals surface area contributed by atoms with Crippen molar-refractivity contribution in [2.75, 3.05) is 11.9 Å². The Morgan fingerprint density at radius 2 is 2.10 bits per heavy atom. The maximum atomic E-state index is 12.5. The SMILES string of the molecule is O=C(O)[C@@H]1CCCN1C(=O)Nc1ccccc1SC(F)F. The standard InChI is InChI=1S/C13H14F2N2O3S/c14-12(15)21-10-6-2-1-4-8(10)16-13(20)17-7-3-5-9(17)11(18)19/h1-2,4,6,9,12H,3,5,7H2,(H,16,20)(H,18,19)/t9-/m0/s1. The summed E-state index contributed by atoms with van der Waals surface area (Å²) >= 11 is 0.334. The number of thioether (sulfide) groups is 1. The van der Waals surface area contributed by atoms with Gasteiger partial charge in [-0.05, 0) is 25.0 Å². The quantitative estimate of drug-likeness (QED) is 0.838. The summed E-state index contributed by atoms with van der Waals surface area (Å²) in [6.07, 6.45) is 1.01. The van der Waals surface area contributed by atoms with Crippen LogP contribution in [0.15, 0.2) is 29.2 Å². The third-order valence-corrected chi connectivity index (χ3v) is 3.93. The molecule has 0 spiro atoms. The largest absolute Gasteiger partial charge is 0.480 e. The van der Waals surface area contributed by atoms with E-state index in [1.807, 2.05) is 0 Å². The number of rotatable bonds is 4. The molecule has 0 bridgehead atoms. The number of anilines is 1. The minimum absolute atomic E-state index is 0.243. The van der Waals surface area contributed by atoms with E-state index in [-0.39, 0.29) is 10.6 Å². The van der Waals surface area contributed by atoms with Crippen LogP contribution in [0, 0.1) is 0 Å². The van der Waals surface area contributed by atoms with Crippen LogP contribution in [0.2, 0.25) is 0 Å². The number of aliphatic carboxylic acids is 1. The van der Waals surface area contributed by atoms with Gasteiger partial charge in [0, 0.05) is 11.4 Å². The van der Waals surface area contributed by atoms with Gasteiger partial charge in [0.1, 0.15) is 6.04 Å². The Kier molecular flexibility index (Phi) is 5.00. The fourth-order valence-electron chi connectivity index (χ4n) is 2.22. The molecule has 1 aromatic rings. The lowest BCUT2D eigenvalue weighted by Gasteiger charge is -2.22. The Morgan fingerprint density at radius 3 is 2.76 bits per heavy atom. The summed E-state index contributed by atoms with van der Waals surface area (Å²) in [5.74, 6) is -3.65. The van der Waals surface area contributed by atoms with Gasteiger partial charge in [-0.3, -0.25) is 0 Å². The van der Waals surface area contributed by atoms with Crippen molar-refractivity contribution in [2.45, 2.75) is 29.5 Å². The molecule has 2 amide bonds. The summed E-state index contributed by atoms with van der Waals surface area (Å²) in [7, 11) is 0. The second-order valence-electron chi connectivity index (χ2n) is 4.49. The van der Waals surface area contributed by atoms with Gasteiger partial charge in [0.15, 0.2) is 0 Å². The number of halogens is 2. The zero-order valence-electron chi connectivity index (χ0n) is 11.0. The lowest BCUT2D eigenvalue weighted by Crippen LogP contribution is -2.42. The maximum Gasteiger partial charge on any atom is 0.326 e. The second-order valence-corrected chi connectivity index (χ2v) is 5.53. The Labute approximate surface area is 124 Å². The number of alkyl halides is 2. The van der Waals surface area contributed by atoms with Gasteiger partial charge in [-0.15, -0.1) is 0 Å². The number of para-hydroxylation sites is 1. The minimum Gasteiger partial charge on any atom is -0.480 e. The summed E-state index contributed by atoms with van der Waals surface area (Å²) < 4.78 is 24.9. The molecule has 0 aromatic heterocycles. The van der Waals surface area contributed by atoms with Crippen LogP contribution in [0.25, 0.3) is 0 Å². The summed E-state index contributed by atoms with van der Waals surface area (Å²) in [6, 6.07) is 4.75. The topological polar surface area (TPSA) is 69.6 Å². The van der Waals surface area contributed by atoms with Crippen LogP contribution in [0.5, 0.6) is 0 Å². The molecule has 2 N–H and O–H groups in total. The molecule has 2 rings (SSSR count). The van der Waals surface area contributed by atoms with Crippen LogP contribution in [0.3, 0.4) is 0 Å². The third-order valence-electron chi connectivity index (χ3n) is 3.14. The normalized spacial score (nSPS) is 18.0. The minimum atomic E-state index is -2.60. The number of nitrogens with one attached hydrogen (secondary N) is 1. The number of urea groups is 1. The van der Waals surface area contributed by atoms with Gasteiger partial charge in [-0.2, -0.15) is 8.78 Å². The summed E-state index contributed by atoms with van der Waals surface area (Å²) in [6.45, 7) is 0.340. The lowest BCUT2D eigenvalue weighted by atomic mass is 10.2. The van der Waals surface area contributed by atoms with E-state index >= 15 is 0 Å². The van der Waals surface area contributed by atoms with Crippen LogP contribution in [-0.4, -0.2) is 40.4 Å². The van der Waals surface area contributed by atoms with E-state index in [1.165, 1.54) is 17.0 Å². The number of carbonyl (C=O) groups is 2. The fourth-order valence-corrected chi connectivity index (χ4v) is 2.82. The molecule has 8 heteroatoms. The average molecular weight is 316 g/mol. The van der Waals surface area contributed by atoms with Crippen molar-refractivity contribution >= 4 is 29.4 Å². The molecule has 5 nitrogen and oxygen atoms in total. The molecule has 1 aliphatic rings. The highest BCUT2D eigenvalue weighted by atomic mass is 32.2. The number of likely N-dealkylation sites (tertiary alicyclic amines) is 1. The number of carboxylic acid groups (broad SMARTS) is 1. The lowest BCUT2D eigenvalue weighted by molar-refractivity contribution is -0.141. The van der Waals surface area contributed by atoms with Crippen molar-refractivity contribution in [3.05, 3.63) is 24.3 Å². The number of hydrogen-bond donors (Lipinski definition) is 2. The molecule has 0 unspecified atom stereocenters. The summed E-state index contributed by atoms with van der Waals surface area (Å²) in [5.41, 5.74) is 0.254. The third kappa shape index (κ3) is 3.84. The number of benzene rings is 1. The Balaban J connectivity index is 2.11. The predicted molar refractivity (Wildman–Crippen MR) is 74.7 cm³/mol. The van der Waals surface area contributed by atoms with E-state index in [0.717, 1.165) is 0 Å². The molecule has 1 aromatic carbocycles. The van der Waals surface area contributed by atoms with Crippen molar-refractivity contribution in [1.29, 1.82) is 0 Å². The zero-order valence-corrected chi connectivity index (χ0v) is 11.8. The van der Waals surface area contributed by atoms with Crippen LogP contribution in [0.1, 0.15) is 12.8 Å². The molecule has 0 saturated carbocycles. The number of nitrogens with zero attached hydrogens (tertiary/aromatic N) is 1. The molecular weight excluding hydrogens is 302 g/mol. The van der Waals surface area contributed by atoms with Gasteiger partial charge in [0.2, 0.25) is 0 Å². The van der Waals surface area contributed by atoms with E-state index < -0.39 is 23.8 Å². The number of carboxylic acids is 1. The molecule has 0 radical (unpaired) electrons. The Morgan fingerprint density at radius 1 is 1.38 bits per heavy atom. The van der Waals surface area contributed by atoms with Gasteiger partial charge >= 0.3 is 12.0 Å². The first kappa shape index (κ1) is 15.6. The van der Waals surface area contributed by atoms with Crippen LogP contribution < -0.4 is 5.32 Å². The van der Waals surface area contributed by atoms with E-state index in [9.17, 15) is 18.4 Å². The first-order valence-corrected chi connectivity index (χ1v) is 7.21. The van der Waals surface area contributed by atoms with E-state index in [0.29, 0.717) is 31.1 Å². The highest BCUT2D eigenvalue weighted by Crippen LogP contribution is 2.32. The van der Waals surface area contributed by atoms with Crippen molar-refractivity contribution in [1.82, 2.24) is 4.90 Å². The second kappa shape index (κ2) is 6.75. The zero-order chi connectivity index (χ0) is 15.4. The molecular formula is C13H14F2N2O3S. The predicted octanol–water partition coefficient (Wildman–Crippen LogP) is 3.08. The smallest absolute Gasteiger partial charge is 0.326 e. The van der Waals surface area contributed by atoms with Crippen LogP contribution in [-0.2, 0) is 4.79 Å². The molecule has 114 valence electrons. The molecule has 1 atom stereocenters. The first-order chi connectivity index (χ1) is 9.99. The molecule has 1 saturated heterocycles. The maximum absolute atomic E-state index is 12.5. The highest BCUT2D eigenvalue weighted by Gasteiger charge is 2.34. The fraction of sp³-hybridized carbons (Fsp3) is 0.385. The van der Waals surface area contributed by atoms with Gasteiger partial charge < -0.3 is 15.3 Å². The monoisotopic (exact) mass is 316 g/mol. The first-order valence-electron chi connectivity index (χ1n) is 6.33. The molecule has 1 aliphatic heterocycles. The van der Waals surface area contributed by atoms with E-state index in [1.54, 1.807) is 12.1 Å². The highest BCUT2D eigenvalue weighted by molar-refractivity contribution is 7.99. The summed E-state index contributed by atoms with van der Waals surface area (Å²) in [5, 5.41) is 11.6. The van der Waals surface area contributed by atoms with Crippen LogP contribution in [0.4, 0.5) is 19.3 Å². The van der Waals surface area contributed by atoms with E-state index in [4.69, 9.17) is 5.11 Å². The van der Waals surface area contributed by atoms with Crippen molar-refractivity contribution in [3.8, 4) is 0 Å². The Hall–Kier alpha value is -1.83. The van der Waals surface area contributed by atoms with Crippen LogP contribution >= 0.6 is 11.8 Å². The van der Waals surface area contributed by atoms with E-state index in [2.05, 4.69) is 5.32 Å². The molecule has 1 heterocycles. The van der Waals surface area contributed by atoms with Gasteiger partial charge in [-0.25, -0.2) is 9.59 Å². The van der Waals surface area contributed by atoms with Crippen molar-refractivity contribution in [3.63, 3.8) is 0 Å². The van der Waals surface area contributed by atoms with Crippen molar-refractivity contribution in [2.24, 2.45) is 0 Å². The van der Waals surface area contributed by atoms with Crippen molar-refractivity contribution < 1.29 is 23.5 Å². The molecule has 21 heavy (non-hydrogen) atoms. The number of hydrogen-bond acceptors (Lipinski definition) is 3. The molecule has 0 aliphatic carbocycles.